The van der Waals surface area contributed by atoms with Crippen molar-refractivity contribution in [3.8, 4) is 0 Å². The summed E-state index contributed by atoms with van der Waals surface area (Å²) >= 11 is 0. The van der Waals surface area contributed by atoms with Gasteiger partial charge in [0.05, 0.1) is 19.6 Å². The third-order valence-electron chi connectivity index (χ3n) is 2.04. The Hall–Kier alpha value is -2.20. The van der Waals surface area contributed by atoms with Gasteiger partial charge in [-0.1, -0.05) is 0 Å². The number of nitrogens with two attached hydrogens (primary N) is 2. The topological polar surface area (TPSA) is 185 Å². The number of rotatable bonds is 8. The predicted molar refractivity (Wildman–Crippen MR) is 61.4 cm³/mol. The van der Waals surface area contributed by atoms with Crippen LogP contribution in [0.15, 0.2) is 0 Å². The van der Waals surface area contributed by atoms with Crippen molar-refractivity contribution in [2.75, 3.05) is 13.2 Å². The molecular weight excluding hydrogens is 260 g/mol. The third kappa shape index (κ3) is 6.33. The molecule has 3 amide bonds. The van der Waals surface area contributed by atoms with Gasteiger partial charge in [0.2, 0.25) is 17.7 Å². The molecule has 0 aliphatic carbocycles. The molecule has 2 unspecified atom stereocenters. The number of aliphatic carboxylic acids is 1. The van der Waals surface area contributed by atoms with Gasteiger partial charge >= 0.3 is 5.97 Å². The predicted octanol–water partition coefficient (Wildman–Crippen LogP) is -4.13. The molecule has 0 saturated heterocycles. The van der Waals surface area contributed by atoms with Gasteiger partial charge in [0.25, 0.3) is 0 Å². The number of hydrogen-bond donors (Lipinski definition) is 6. The Labute approximate surface area is 108 Å². The lowest BCUT2D eigenvalue weighted by Crippen LogP contribution is -2.54. The quantitative estimate of drug-likeness (QED) is 0.260. The summed E-state index contributed by atoms with van der Waals surface area (Å²) in [6.45, 7) is -1.25. The molecule has 0 aromatic heterocycles. The molecular formula is C9H16N4O6. The van der Waals surface area contributed by atoms with Crippen LogP contribution >= 0.6 is 0 Å². The molecule has 0 radical (unpaired) electrons. The lowest BCUT2D eigenvalue weighted by atomic mass is 10.1. The van der Waals surface area contributed by atoms with Crippen molar-refractivity contribution in [1.29, 1.82) is 0 Å². The molecule has 0 aliphatic heterocycles. The average Bonchev–Trinajstić information content (AvgIpc) is 2.33. The molecule has 0 saturated carbocycles. The first-order chi connectivity index (χ1) is 8.81. The Bertz CT molecular complexity index is 372. The molecule has 0 fully saturated rings. The fraction of sp³-hybridized carbons (Fsp3) is 0.556. The second-order valence-electron chi connectivity index (χ2n) is 3.58. The monoisotopic (exact) mass is 276 g/mol. The maximum Gasteiger partial charge on any atom is 0.328 e. The van der Waals surface area contributed by atoms with E-state index in [1.165, 1.54) is 0 Å². The van der Waals surface area contributed by atoms with E-state index in [0.717, 1.165) is 0 Å². The highest BCUT2D eigenvalue weighted by molar-refractivity contribution is 5.93. The highest BCUT2D eigenvalue weighted by atomic mass is 16.4. The second-order valence-corrected chi connectivity index (χ2v) is 3.58. The van der Waals surface area contributed by atoms with E-state index in [-0.39, 0.29) is 0 Å². The van der Waals surface area contributed by atoms with Crippen LogP contribution in [0.2, 0.25) is 0 Å². The number of carbonyl (C=O) groups is 4. The average molecular weight is 276 g/mol. The molecule has 2 atom stereocenters. The first-order valence-electron chi connectivity index (χ1n) is 5.23. The van der Waals surface area contributed by atoms with E-state index >= 15 is 0 Å². The fourth-order valence-electron chi connectivity index (χ4n) is 1.12. The molecule has 108 valence electrons. The summed E-state index contributed by atoms with van der Waals surface area (Å²) in [6.07, 6.45) is -0.519. The van der Waals surface area contributed by atoms with Gasteiger partial charge < -0.3 is 32.3 Å². The SMILES string of the molecule is NCC(=O)NC(CC(N)=O)C(=O)NC(CO)C(=O)O. The second kappa shape index (κ2) is 8.00. The minimum Gasteiger partial charge on any atom is -0.480 e. The molecule has 10 heteroatoms. The number of nitrogens with one attached hydrogen (secondary N) is 2. The minimum absolute atomic E-state index is 0.412. The molecule has 19 heavy (non-hydrogen) atoms. The number of aliphatic hydroxyl groups is 1. The van der Waals surface area contributed by atoms with Gasteiger partial charge in [-0.05, 0) is 0 Å². The van der Waals surface area contributed by atoms with E-state index in [1.807, 2.05) is 5.32 Å². The van der Waals surface area contributed by atoms with Crippen LogP contribution in [0.1, 0.15) is 6.42 Å². The van der Waals surface area contributed by atoms with Crippen molar-refractivity contribution in [1.82, 2.24) is 10.6 Å². The standard InChI is InChI=1S/C9H16N4O6/c10-2-7(16)12-4(1-6(11)15)8(17)13-5(3-14)9(18)19/h4-5,14H,1-3,10H2,(H2,11,15)(H,12,16)(H,13,17)(H,18,19). The zero-order chi connectivity index (χ0) is 15.0. The molecule has 0 aromatic rings. The van der Waals surface area contributed by atoms with E-state index in [9.17, 15) is 19.2 Å². The summed E-state index contributed by atoms with van der Waals surface area (Å²) in [7, 11) is 0. The first kappa shape index (κ1) is 16.8. The van der Waals surface area contributed by atoms with Crippen LogP contribution < -0.4 is 22.1 Å². The van der Waals surface area contributed by atoms with E-state index in [0.29, 0.717) is 0 Å². The summed E-state index contributed by atoms with van der Waals surface area (Å²) in [5.74, 6) is -3.99. The van der Waals surface area contributed by atoms with E-state index in [2.05, 4.69) is 5.32 Å². The van der Waals surface area contributed by atoms with E-state index in [4.69, 9.17) is 21.7 Å². The molecule has 0 spiro atoms. The van der Waals surface area contributed by atoms with Crippen molar-refractivity contribution < 1.29 is 29.4 Å². The minimum atomic E-state index is -1.54. The van der Waals surface area contributed by atoms with Gasteiger partial charge in [0.15, 0.2) is 0 Å². The Morgan fingerprint density at radius 3 is 2.05 bits per heavy atom. The first-order valence-corrected chi connectivity index (χ1v) is 5.23. The molecule has 10 nitrogen and oxygen atoms in total. The summed E-state index contributed by atoms with van der Waals surface area (Å²) < 4.78 is 0. The van der Waals surface area contributed by atoms with Gasteiger partial charge in [-0.2, -0.15) is 0 Å². The number of carboxylic acids is 1. The van der Waals surface area contributed by atoms with Crippen molar-refractivity contribution >= 4 is 23.7 Å². The van der Waals surface area contributed by atoms with Crippen LogP contribution in [0, 0.1) is 0 Å². The molecule has 0 aliphatic rings. The highest BCUT2D eigenvalue weighted by Gasteiger charge is 2.26. The third-order valence-corrected chi connectivity index (χ3v) is 2.04. The van der Waals surface area contributed by atoms with Crippen LogP contribution in [0.3, 0.4) is 0 Å². The number of primary amides is 1. The normalized spacial score (nSPS) is 13.2. The van der Waals surface area contributed by atoms with Crippen molar-refractivity contribution in [3.63, 3.8) is 0 Å². The van der Waals surface area contributed by atoms with Crippen LogP contribution in [-0.4, -0.2) is 59.1 Å². The maximum absolute atomic E-state index is 11.7. The summed E-state index contributed by atoms with van der Waals surface area (Å²) in [5.41, 5.74) is 9.94. The molecule has 8 N–H and O–H groups in total. The molecule has 0 bridgehead atoms. The number of aliphatic hydroxyl groups excluding tert-OH is 1. The van der Waals surface area contributed by atoms with E-state index < -0.39 is 55.3 Å². The Morgan fingerprint density at radius 2 is 1.68 bits per heavy atom. The zero-order valence-corrected chi connectivity index (χ0v) is 9.96. The molecule has 0 aromatic carbocycles. The van der Waals surface area contributed by atoms with Gasteiger partial charge in [0, 0.05) is 0 Å². The van der Waals surface area contributed by atoms with Crippen molar-refractivity contribution in [2.45, 2.75) is 18.5 Å². The van der Waals surface area contributed by atoms with Crippen LogP contribution in [0.25, 0.3) is 0 Å². The van der Waals surface area contributed by atoms with Crippen molar-refractivity contribution in [2.24, 2.45) is 11.5 Å². The van der Waals surface area contributed by atoms with Crippen molar-refractivity contribution in [3.05, 3.63) is 0 Å². The van der Waals surface area contributed by atoms with Crippen LogP contribution in [0.5, 0.6) is 0 Å². The maximum atomic E-state index is 11.7. The number of hydrogen-bond acceptors (Lipinski definition) is 6. The number of amides is 3. The lowest BCUT2D eigenvalue weighted by Gasteiger charge is -2.19. The summed E-state index contributed by atoms with van der Waals surface area (Å²) in [4.78, 5) is 44.1. The Balaban J connectivity index is 4.74. The zero-order valence-electron chi connectivity index (χ0n) is 9.96. The van der Waals surface area contributed by atoms with E-state index in [1.54, 1.807) is 0 Å². The highest BCUT2D eigenvalue weighted by Crippen LogP contribution is 1.94. The van der Waals surface area contributed by atoms with Crippen LogP contribution in [0.4, 0.5) is 0 Å². The van der Waals surface area contributed by atoms with Gasteiger partial charge in [-0.15, -0.1) is 0 Å². The largest absolute Gasteiger partial charge is 0.480 e. The smallest absolute Gasteiger partial charge is 0.328 e. The Kier molecular flexibility index (Phi) is 7.07. The Morgan fingerprint density at radius 1 is 1.11 bits per heavy atom. The van der Waals surface area contributed by atoms with Gasteiger partial charge in [-0.25, -0.2) is 4.79 Å². The summed E-state index contributed by atoms with van der Waals surface area (Å²) in [6, 6.07) is -2.89. The van der Waals surface area contributed by atoms with Crippen LogP contribution in [-0.2, 0) is 19.2 Å². The lowest BCUT2D eigenvalue weighted by molar-refractivity contribution is -0.143. The molecule has 0 heterocycles. The van der Waals surface area contributed by atoms with Gasteiger partial charge in [-0.3, -0.25) is 14.4 Å². The van der Waals surface area contributed by atoms with Gasteiger partial charge in [0.1, 0.15) is 12.1 Å². The number of carboxylic acid groups (broad SMARTS) is 1. The fourth-order valence-corrected chi connectivity index (χ4v) is 1.12. The summed E-state index contributed by atoms with van der Waals surface area (Å²) in [5, 5.41) is 21.4. The molecule has 0 rings (SSSR count). The number of carbonyl (C=O) groups excluding carboxylic acids is 3.